The van der Waals surface area contributed by atoms with Crippen molar-refractivity contribution in [2.75, 3.05) is 14.2 Å². The van der Waals surface area contributed by atoms with E-state index in [1.165, 1.54) is 54.2 Å². The molecule has 0 unspecified atom stereocenters. The average molecular weight is 450 g/mol. The number of aromatic nitrogens is 2. The van der Waals surface area contributed by atoms with Crippen LogP contribution in [0.1, 0.15) is 17.0 Å². The molecule has 0 saturated carbocycles. The van der Waals surface area contributed by atoms with Crippen molar-refractivity contribution in [3.05, 3.63) is 63.0 Å². The van der Waals surface area contributed by atoms with Gasteiger partial charge in [-0.25, -0.2) is 22.9 Å². The Bertz CT molecular complexity index is 1290. The minimum atomic E-state index is -3.73. The summed E-state index contributed by atoms with van der Waals surface area (Å²) in [6.45, 7) is 1.65. The Kier molecular flexibility index (Phi) is 6.34. The molecule has 3 rings (SSSR count). The largest absolute Gasteiger partial charge is 0.495 e. The van der Waals surface area contributed by atoms with Gasteiger partial charge in [0, 0.05) is 23.2 Å². The third kappa shape index (κ3) is 4.58. The number of aryl methyl sites for hydroxylation is 1. The molecule has 0 aliphatic heterocycles. The minimum Gasteiger partial charge on any atom is -0.495 e. The Hall–Kier alpha value is -3.02. The summed E-state index contributed by atoms with van der Waals surface area (Å²) in [4.78, 5) is 29.0. The number of carbonyl (C=O) groups is 1. The summed E-state index contributed by atoms with van der Waals surface area (Å²) in [5.41, 5.74) is 1.36. The van der Waals surface area contributed by atoms with Crippen LogP contribution in [0.15, 0.2) is 45.4 Å². The number of rotatable bonds is 7. The second-order valence-corrected chi connectivity index (χ2v) is 8.83. The fraction of sp³-hybridized carbons (Fsp3) is 0.211. The van der Waals surface area contributed by atoms with E-state index in [2.05, 4.69) is 9.71 Å². The number of thiazole rings is 1. The molecule has 0 saturated heterocycles. The first-order chi connectivity index (χ1) is 14.2. The lowest BCUT2D eigenvalue weighted by Crippen LogP contribution is -2.19. The van der Waals surface area contributed by atoms with E-state index in [4.69, 9.17) is 9.47 Å². The number of carbonyl (C=O) groups excluding carboxylic acids is 1. The van der Waals surface area contributed by atoms with E-state index in [0.29, 0.717) is 16.2 Å². The second-order valence-electron chi connectivity index (χ2n) is 6.14. The Morgan fingerprint density at radius 1 is 1.33 bits per heavy atom. The van der Waals surface area contributed by atoms with E-state index in [9.17, 15) is 18.0 Å². The predicted octanol–water partition coefficient (Wildman–Crippen LogP) is 1.74. The van der Waals surface area contributed by atoms with Crippen molar-refractivity contribution in [2.24, 2.45) is 0 Å². The number of ether oxygens (including phenoxy) is 2. The maximum Gasteiger partial charge on any atom is 0.331 e. The molecular weight excluding hydrogens is 430 g/mol. The van der Waals surface area contributed by atoms with Gasteiger partial charge in [0.2, 0.25) is 10.0 Å². The van der Waals surface area contributed by atoms with E-state index in [0.717, 1.165) is 11.8 Å². The molecule has 158 valence electrons. The summed E-state index contributed by atoms with van der Waals surface area (Å²) in [7, 11) is -1.07. The molecular formula is C19H19N3O6S2. The first-order valence-electron chi connectivity index (χ1n) is 8.68. The van der Waals surface area contributed by atoms with Crippen molar-refractivity contribution in [1.29, 1.82) is 0 Å². The lowest BCUT2D eigenvalue weighted by Gasteiger charge is -2.09. The number of benzene rings is 1. The molecule has 3 aromatic rings. The molecule has 1 N–H and O–H groups in total. The van der Waals surface area contributed by atoms with Gasteiger partial charge in [0.15, 0.2) is 4.96 Å². The number of nitrogens with one attached hydrogen (secondary N) is 1. The maximum atomic E-state index is 12.1. The zero-order valence-corrected chi connectivity index (χ0v) is 18.0. The zero-order valence-electron chi connectivity index (χ0n) is 16.4. The molecule has 0 spiro atoms. The van der Waals surface area contributed by atoms with Gasteiger partial charge in [-0.15, -0.1) is 11.3 Å². The van der Waals surface area contributed by atoms with E-state index in [1.807, 2.05) is 12.3 Å². The first kappa shape index (κ1) is 21.7. The number of nitrogens with zero attached hydrogens (tertiary/aromatic N) is 2. The highest BCUT2D eigenvalue weighted by molar-refractivity contribution is 7.89. The quantitative estimate of drug-likeness (QED) is 0.431. The van der Waals surface area contributed by atoms with Crippen LogP contribution in [0.4, 0.5) is 0 Å². The molecule has 9 nitrogen and oxygen atoms in total. The Labute approximate surface area is 176 Å². The molecule has 11 heteroatoms. The van der Waals surface area contributed by atoms with Gasteiger partial charge in [-0.05, 0) is 37.7 Å². The summed E-state index contributed by atoms with van der Waals surface area (Å²) in [5, 5.41) is 1.82. The first-order valence-corrected chi connectivity index (χ1v) is 11.0. The van der Waals surface area contributed by atoms with Gasteiger partial charge < -0.3 is 9.47 Å². The van der Waals surface area contributed by atoms with Crippen LogP contribution in [0, 0.1) is 6.92 Å². The summed E-state index contributed by atoms with van der Waals surface area (Å²) in [6.07, 6.45) is 2.59. The Morgan fingerprint density at radius 3 is 2.80 bits per heavy atom. The average Bonchev–Trinajstić information content (AvgIpc) is 3.11. The highest BCUT2D eigenvalue weighted by atomic mass is 32.2. The standard InChI is InChI=1S/C19H19N3O6S2/c1-12-11-29-19-21-14(9-17(23)22(12)19)10-28-18(24)7-5-13-4-6-15(27-3)16(8-13)30(25,26)20-2/h4-9,11,20H,10H2,1-3H3/b7-5+. The van der Waals surface area contributed by atoms with Crippen molar-refractivity contribution in [3.8, 4) is 5.75 Å². The maximum absolute atomic E-state index is 12.1. The van der Waals surface area contributed by atoms with Gasteiger partial charge >= 0.3 is 5.97 Å². The van der Waals surface area contributed by atoms with Crippen molar-refractivity contribution in [3.63, 3.8) is 0 Å². The van der Waals surface area contributed by atoms with Crippen LogP contribution in [0.3, 0.4) is 0 Å². The molecule has 0 bridgehead atoms. The van der Waals surface area contributed by atoms with Crippen LogP contribution >= 0.6 is 11.3 Å². The number of esters is 1. The van der Waals surface area contributed by atoms with Gasteiger partial charge in [-0.2, -0.15) is 0 Å². The minimum absolute atomic E-state index is 0.0489. The number of fused-ring (bicyclic) bond motifs is 1. The predicted molar refractivity (Wildman–Crippen MR) is 112 cm³/mol. The fourth-order valence-corrected chi connectivity index (χ4v) is 4.47. The SMILES string of the molecule is CNS(=O)(=O)c1cc(/C=C/C(=O)OCc2cc(=O)n3c(C)csc3n2)ccc1OC. The molecule has 1 aromatic carbocycles. The van der Waals surface area contributed by atoms with Crippen molar-refractivity contribution in [2.45, 2.75) is 18.4 Å². The third-order valence-electron chi connectivity index (χ3n) is 4.15. The Balaban J connectivity index is 1.72. The zero-order chi connectivity index (χ0) is 21.9. The smallest absolute Gasteiger partial charge is 0.331 e. The molecule has 2 aromatic heterocycles. The van der Waals surface area contributed by atoms with Crippen LogP contribution in [0.5, 0.6) is 5.75 Å². The van der Waals surface area contributed by atoms with E-state index in [-0.39, 0.29) is 22.8 Å². The molecule has 30 heavy (non-hydrogen) atoms. The Morgan fingerprint density at radius 2 is 2.10 bits per heavy atom. The molecule has 0 aliphatic carbocycles. The molecule has 0 radical (unpaired) electrons. The lowest BCUT2D eigenvalue weighted by atomic mass is 10.2. The van der Waals surface area contributed by atoms with Gasteiger partial charge in [0.25, 0.3) is 5.56 Å². The fourth-order valence-electron chi connectivity index (χ4n) is 2.65. The summed E-state index contributed by atoms with van der Waals surface area (Å²) in [5.74, 6) is -0.478. The summed E-state index contributed by atoms with van der Waals surface area (Å²) < 4.78 is 38.1. The molecule has 0 atom stereocenters. The van der Waals surface area contributed by atoms with Crippen LogP contribution in [0.2, 0.25) is 0 Å². The van der Waals surface area contributed by atoms with Crippen molar-refractivity contribution >= 4 is 38.4 Å². The molecule has 0 amide bonds. The monoisotopic (exact) mass is 449 g/mol. The number of sulfonamides is 1. The van der Waals surface area contributed by atoms with Gasteiger partial charge in [0.05, 0.1) is 12.8 Å². The number of hydrogen-bond acceptors (Lipinski definition) is 8. The van der Waals surface area contributed by atoms with E-state index >= 15 is 0 Å². The third-order valence-corrected chi connectivity index (χ3v) is 6.53. The topological polar surface area (TPSA) is 116 Å². The van der Waals surface area contributed by atoms with Crippen LogP contribution in [0.25, 0.3) is 11.0 Å². The van der Waals surface area contributed by atoms with Gasteiger partial charge in [0.1, 0.15) is 17.3 Å². The lowest BCUT2D eigenvalue weighted by molar-refractivity contribution is -0.139. The number of hydrogen-bond donors (Lipinski definition) is 1. The second kappa shape index (κ2) is 8.78. The molecule has 0 fully saturated rings. The van der Waals surface area contributed by atoms with Crippen LogP contribution in [-0.2, 0) is 26.2 Å². The molecule has 2 heterocycles. The highest BCUT2D eigenvalue weighted by Crippen LogP contribution is 2.25. The van der Waals surface area contributed by atoms with Crippen molar-refractivity contribution < 1.29 is 22.7 Å². The van der Waals surface area contributed by atoms with Gasteiger partial charge in [-0.1, -0.05) is 6.07 Å². The van der Waals surface area contributed by atoms with E-state index in [1.54, 1.807) is 6.07 Å². The van der Waals surface area contributed by atoms with Crippen LogP contribution < -0.4 is 15.0 Å². The molecule has 0 aliphatic rings. The normalized spacial score (nSPS) is 11.8. The van der Waals surface area contributed by atoms with Gasteiger partial charge in [-0.3, -0.25) is 9.20 Å². The van der Waals surface area contributed by atoms with E-state index < -0.39 is 16.0 Å². The van der Waals surface area contributed by atoms with Crippen molar-refractivity contribution in [1.82, 2.24) is 14.1 Å². The summed E-state index contributed by atoms with van der Waals surface area (Å²) >= 11 is 1.33. The highest BCUT2D eigenvalue weighted by Gasteiger charge is 2.17. The number of methoxy groups -OCH3 is 1. The summed E-state index contributed by atoms with van der Waals surface area (Å²) in [6, 6.07) is 5.80. The van der Waals surface area contributed by atoms with Crippen LogP contribution in [-0.4, -0.2) is 37.9 Å².